The molecule has 2 aromatic carbocycles. The summed E-state index contributed by atoms with van der Waals surface area (Å²) in [5.74, 6) is 0.0423. The van der Waals surface area contributed by atoms with Crippen molar-refractivity contribution in [3.63, 3.8) is 0 Å². The van der Waals surface area contributed by atoms with Crippen LogP contribution in [0.2, 0.25) is 5.15 Å². The number of aromatic nitrogens is 3. The van der Waals surface area contributed by atoms with Gasteiger partial charge in [-0.3, -0.25) is 0 Å². The second-order valence-corrected chi connectivity index (χ2v) is 5.84. The Morgan fingerprint density at radius 2 is 1.81 bits per heavy atom. The van der Waals surface area contributed by atoms with Crippen LogP contribution in [0, 0.1) is 0 Å². The average Bonchev–Trinajstić information content (AvgIpc) is 3.15. The number of carbonyl (C=O) groups excluding carboxylic acids is 1. The molecule has 6 nitrogen and oxygen atoms in total. The standard InChI is InChI=1S/C19H12ClN3O3/c20-16-10-14(13-8-4-5-9-15(13)21-16)19(24)25-11-17-22-23-18(26-17)12-6-2-1-3-7-12/h1-10H,11H2. The third-order valence-corrected chi connectivity index (χ3v) is 3.91. The van der Waals surface area contributed by atoms with E-state index in [0.717, 1.165) is 5.56 Å². The van der Waals surface area contributed by atoms with Crippen molar-refractivity contribution in [3.05, 3.63) is 77.3 Å². The van der Waals surface area contributed by atoms with E-state index in [4.69, 9.17) is 20.8 Å². The van der Waals surface area contributed by atoms with Gasteiger partial charge in [-0.25, -0.2) is 9.78 Å². The fraction of sp³-hybridized carbons (Fsp3) is 0.0526. The van der Waals surface area contributed by atoms with Crippen molar-refractivity contribution >= 4 is 28.5 Å². The molecule has 0 amide bonds. The third kappa shape index (κ3) is 3.27. The zero-order valence-corrected chi connectivity index (χ0v) is 14.2. The largest absolute Gasteiger partial charge is 0.452 e. The molecule has 7 heteroatoms. The Labute approximate surface area is 153 Å². The van der Waals surface area contributed by atoms with E-state index >= 15 is 0 Å². The fourth-order valence-electron chi connectivity index (χ4n) is 2.53. The first-order valence-corrected chi connectivity index (χ1v) is 8.19. The number of esters is 1. The maximum Gasteiger partial charge on any atom is 0.339 e. The SMILES string of the molecule is O=C(OCc1nnc(-c2ccccc2)o1)c1cc(Cl)nc2ccccc12. The number of hydrogen-bond donors (Lipinski definition) is 0. The Balaban J connectivity index is 1.52. The van der Waals surface area contributed by atoms with Gasteiger partial charge in [-0.2, -0.15) is 0 Å². The van der Waals surface area contributed by atoms with Crippen LogP contribution < -0.4 is 0 Å². The summed E-state index contributed by atoms with van der Waals surface area (Å²) in [6.07, 6.45) is 0. The van der Waals surface area contributed by atoms with E-state index in [1.807, 2.05) is 42.5 Å². The van der Waals surface area contributed by atoms with Gasteiger partial charge in [0, 0.05) is 10.9 Å². The monoisotopic (exact) mass is 365 g/mol. The zero-order chi connectivity index (χ0) is 17.9. The molecule has 0 saturated carbocycles. The Bertz CT molecular complexity index is 1080. The predicted octanol–water partition coefficient (Wildman–Crippen LogP) is 4.30. The van der Waals surface area contributed by atoms with Crippen LogP contribution in [-0.4, -0.2) is 21.2 Å². The Hall–Kier alpha value is -3.25. The second-order valence-electron chi connectivity index (χ2n) is 5.45. The van der Waals surface area contributed by atoms with Crippen molar-refractivity contribution in [2.75, 3.05) is 0 Å². The topological polar surface area (TPSA) is 78.1 Å². The number of hydrogen-bond acceptors (Lipinski definition) is 6. The average molecular weight is 366 g/mol. The summed E-state index contributed by atoms with van der Waals surface area (Å²) in [6.45, 7) is -0.132. The van der Waals surface area contributed by atoms with Crippen LogP contribution in [0.15, 0.2) is 65.1 Å². The highest BCUT2D eigenvalue weighted by molar-refractivity contribution is 6.30. The zero-order valence-electron chi connectivity index (χ0n) is 13.4. The van der Waals surface area contributed by atoms with E-state index in [0.29, 0.717) is 22.4 Å². The Morgan fingerprint density at radius 3 is 2.65 bits per heavy atom. The first kappa shape index (κ1) is 16.2. The van der Waals surface area contributed by atoms with Gasteiger partial charge in [0.2, 0.25) is 5.89 Å². The highest BCUT2D eigenvalue weighted by atomic mass is 35.5. The van der Waals surface area contributed by atoms with E-state index in [-0.39, 0.29) is 17.7 Å². The molecule has 0 bridgehead atoms. The van der Waals surface area contributed by atoms with Crippen LogP contribution in [0.1, 0.15) is 16.2 Å². The molecule has 128 valence electrons. The van der Waals surface area contributed by atoms with Crippen molar-refractivity contribution in [2.24, 2.45) is 0 Å². The predicted molar refractivity (Wildman–Crippen MR) is 95.6 cm³/mol. The normalized spacial score (nSPS) is 10.8. The van der Waals surface area contributed by atoms with Crippen molar-refractivity contribution < 1.29 is 13.9 Å². The van der Waals surface area contributed by atoms with Crippen LogP contribution in [0.5, 0.6) is 0 Å². The molecule has 2 heterocycles. The van der Waals surface area contributed by atoms with Crippen LogP contribution in [0.3, 0.4) is 0 Å². The number of fused-ring (bicyclic) bond motifs is 1. The summed E-state index contributed by atoms with van der Waals surface area (Å²) in [7, 11) is 0. The summed E-state index contributed by atoms with van der Waals surface area (Å²) >= 11 is 6.00. The first-order valence-electron chi connectivity index (χ1n) is 7.81. The molecule has 0 N–H and O–H groups in total. The molecule has 4 aromatic rings. The third-order valence-electron chi connectivity index (χ3n) is 3.72. The number of halogens is 1. The summed E-state index contributed by atoms with van der Waals surface area (Å²) < 4.78 is 10.8. The number of carbonyl (C=O) groups is 1. The van der Waals surface area contributed by atoms with Gasteiger partial charge in [0.05, 0.1) is 11.1 Å². The molecule has 0 aliphatic carbocycles. The lowest BCUT2D eigenvalue weighted by Crippen LogP contribution is -2.07. The van der Waals surface area contributed by atoms with E-state index in [9.17, 15) is 4.79 Å². The maximum atomic E-state index is 12.5. The fourth-order valence-corrected chi connectivity index (χ4v) is 2.73. The second kappa shape index (κ2) is 6.93. The number of rotatable bonds is 4. The number of nitrogens with zero attached hydrogens (tertiary/aromatic N) is 3. The molecule has 2 aromatic heterocycles. The van der Waals surface area contributed by atoms with Crippen molar-refractivity contribution in [1.29, 1.82) is 0 Å². The molecule has 0 atom stereocenters. The molecule has 0 aliphatic rings. The smallest absolute Gasteiger partial charge is 0.339 e. The summed E-state index contributed by atoms with van der Waals surface area (Å²) in [5.41, 5.74) is 1.75. The number of para-hydroxylation sites is 1. The minimum absolute atomic E-state index is 0.132. The highest BCUT2D eigenvalue weighted by Crippen LogP contribution is 2.22. The van der Waals surface area contributed by atoms with Gasteiger partial charge in [-0.05, 0) is 24.3 Å². The van der Waals surface area contributed by atoms with Gasteiger partial charge >= 0.3 is 5.97 Å². The van der Waals surface area contributed by atoms with Gasteiger partial charge in [0.25, 0.3) is 5.89 Å². The minimum atomic E-state index is -0.537. The van der Waals surface area contributed by atoms with Crippen LogP contribution in [-0.2, 0) is 11.3 Å². The van der Waals surface area contributed by atoms with Crippen molar-refractivity contribution in [1.82, 2.24) is 15.2 Å². The van der Waals surface area contributed by atoms with Crippen molar-refractivity contribution in [3.8, 4) is 11.5 Å². The molecular formula is C19H12ClN3O3. The van der Waals surface area contributed by atoms with Crippen molar-refractivity contribution in [2.45, 2.75) is 6.61 Å². The molecule has 0 unspecified atom stereocenters. The summed E-state index contributed by atoms with van der Waals surface area (Å²) in [4.78, 5) is 16.7. The van der Waals surface area contributed by atoms with E-state index in [1.165, 1.54) is 6.07 Å². The number of benzene rings is 2. The van der Waals surface area contributed by atoms with Gasteiger partial charge in [-0.1, -0.05) is 48.0 Å². The summed E-state index contributed by atoms with van der Waals surface area (Å²) in [5, 5.41) is 8.75. The molecule has 0 radical (unpaired) electrons. The quantitative estimate of drug-likeness (QED) is 0.396. The molecule has 0 fully saturated rings. The Kier molecular flexibility index (Phi) is 4.33. The maximum absolute atomic E-state index is 12.5. The first-order chi connectivity index (χ1) is 12.7. The highest BCUT2D eigenvalue weighted by Gasteiger charge is 2.16. The lowest BCUT2D eigenvalue weighted by molar-refractivity contribution is 0.0441. The summed E-state index contributed by atoms with van der Waals surface area (Å²) in [6, 6.07) is 18.0. The van der Waals surface area contributed by atoms with Gasteiger partial charge in [-0.15, -0.1) is 10.2 Å². The minimum Gasteiger partial charge on any atom is -0.452 e. The number of pyridine rings is 1. The van der Waals surface area contributed by atoms with Gasteiger partial charge in [0.15, 0.2) is 6.61 Å². The van der Waals surface area contributed by atoms with E-state index in [2.05, 4.69) is 15.2 Å². The molecule has 4 rings (SSSR count). The van der Waals surface area contributed by atoms with Gasteiger partial charge in [0.1, 0.15) is 5.15 Å². The molecular weight excluding hydrogens is 354 g/mol. The van der Waals surface area contributed by atoms with Crippen LogP contribution >= 0.6 is 11.6 Å². The van der Waals surface area contributed by atoms with E-state index < -0.39 is 5.97 Å². The molecule has 0 saturated heterocycles. The van der Waals surface area contributed by atoms with Crippen LogP contribution in [0.25, 0.3) is 22.4 Å². The lowest BCUT2D eigenvalue weighted by atomic mass is 10.1. The van der Waals surface area contributed by atoms with Gasteiger partial charge < -0.3 is 9.15 Å². The van der Waals surface area contributed by atoms with Crippen LogP contribution in [0.4, 0.5) is 0 Å². The lowest BCUT2D eigenvalue weighted by Gasteiger charge is -2.06. The molecule has 0 spiro atoms. The number of ether oxygens (including phenoxy) is 1. The molecule has 0 aliphatic heterocycles. The molecule has 26 heavy (non-hydrogen) atoms. The van der Waals surface area contributed by atoms with E-state index in [1.54, 1.807) is 12.1 Å². The Morgan fingerprint density at radius 1 is 1.04 bits per heavy atom.